The number of benzene rings is 2. The Morgan fingerprint density at radius 1 is 1.16 bits per heavy atom. The highest BCUT2D eigenvalue weighted by molar-refractivity contribution is 6.46. The van der Waals surface area contributed by atoms with Crippen LogP contribution in [0.4, 0.5) is 10.5 Å². The van der Waals surface area contributed by atoms with Gasteiger partial charge in [-0.3, -0.25) is 15.5 Å². The van der Waals surface area contributed by atoms with Crippen LogP contribution in [-0.2, 0) is 10.2 Å². The van der Waals surface area contributed by atoms with Crippen LogP contribution in [-0.4, -0.2) is 22.8 Å². The van der Waals surface area contributed by atoms with Crippen molar-refractivity contribution < 1.29 is 14.7 Å². The van der Waals surface area contributed by atoms with Gasteiger partial charge >= 0.3 is 6.09 Å². The van der Waals surface area contributed by atoms with Crippen LogP contribution in [0.15, 0.2) is 47.6 Å². The van der Waals surface area contributed by atoms with Gasteiger partial charge in [0.05, 0.1) is 11.8 Å². The molecule has 2 aromatic rings. The van der Waals surface area contributed by atoms with Crippen molar-refractivity contribution >= 4 is 46.6 Å². The van der Waals surface area contributed by atoms with Crippen molar-refractivity contribution in [1.29, 1.82) is 10.5 Å². The number of carbonyl (C=O) groups excluding carboxylic acids is 1. The number of hydrazone groups is 1. The van der Waals surface area contributed by atoms with E-state index in [1.807, 2.05) is 6.92 Å². The summed E-state index contributed by atoms with van der Waals surface area (Å²) in [5.41, 5.74) is 2.48. The van der Waals surface area contributed by atoms with Crippen LogP contribution in [0.25, 0.3) is 0 Å². The molecule has 10 heteroatoms. The molecule has 158 valence electrons. The number of halogens is 2. The topological polar surface area (TPSA) is 138 Å². The molecule has 2 amide bonds. The third-order valence-electron chi connectivity index (χ3n) is 4.42. The van der Waals surface area contributed by atoms with Crippen LogP contribution < -0.4 is 10.7 Å². The van der Waals surface area contributed by atoms with E-state index in [-0.39, 0.29) is 5.02 Å². The number of amides is 2. The number of anilines is 1. The van der Waals surface area contributed by atoms with Crippen molar-refractivity contribution in [2.75, 3.05) is 5.43 Å². The SMILES string of the molecule is CCCC(C#N)(c1ccc(Cl)cc1)c1ccc(NN=C(C#N)C(=O)NC(=O)O)cc1Cl. The molecule has 2 rings (SSSR count). The lowest BCUT2D eigenvalue weighted by molar-refractivity contribution is -0.114. The summed E-state index contributed by atoms with van der Waals surface area (Å²) < 4.78 is 0. The van der Waals surface area contributed by atoms with Gasteiger partial charge in [0, 0.05) is 10.0 Å². The van der Waals surface area contributed by atoms with Crippen LogP contribution >= 0.6 is 23.2 Å². The number of imide groups is 1. The van der Waals surface area contributed by atoms with Gasteiger partial charge in [-0.25, -0.2) is 4.79 Å². The summed E-state index contributed by atoms with van der Waals surface area (Å²) in [5, 5.41) is 33.6. The van der Waals surface area contributed by atoms with E-state index in [1.54, 1.807) is 36.4 Å². The summed E-state index contributed by atoms with van der Waals surface area (Å²) in [5.74, 6) is -1.17. The number of carboxylic acid groups (broad SMARTS) is 1. The van der Waals surface area contributed by atoms with E-state index in [2.05, 4.69) is 16.6 Å². The molecule has 0 fully saturated rings. The number of carbonyl (C=O) groups is 2. The summed E-state index contributed by atoms with van der Waals surface area (Å²) in [6, 6.07) is 15.6. The molecule has 0 saturated carbocycles. The summed E-state index contributed by atoms with van der Waals surface area (Å²) in [6.45, 7) is 1.96. The minimum absolute atomic E-state index is 0.277. The molecular formula is C21H17Cl2N5O3. The minimum atomic E-state index is -1.61. The lowest BCUT2D eigenvalue weighted by atomic mass is 9.72. The molecule has 0 radical (unpaired) electrons. The first-order valence-corrected chi connectivity index (χ1v) is 9.78. The lowest BCUT2D eigenvalue weighted by Crippen LogP contribution is -2.34. The standard InChI is InChI=1S/C21H17Cl2N5O3/c1-2-9-21(12-25,13-3-5-14(22)6-4-13)16-8-7-15(10-17(16)23)27-28-18(11-24)19(29)26-20(30)31/h3-8,10,27H,2,9H2,1H3,(H,26,29)(H,30,31). The largest absolute Gasteiger partial charge is 0.465 e. The molecule has 1 atom stereocenters. The number of nitrogens with zero attached hydrogens (tertiary/aromatic N) is 3. The summed E-state index contributed by atoms with van der Waals surface area (Å²) in [6.07, 6.45) is -0.364. The van der Waals surface area contributed by atoms with Gasteiger partial charge in [-0.05, 0) is 41.8 Å². The monoisotopic (exact) mass is 457 g/mol. The van der Waals surface area contributed by atoms with Gasteiger partial charge in [0.2, 0.25) is 5.71 Å². The smallest absolute Gasteiger partial charge is 0.411 e. The van der Waals surface area contributed by atoms with Gasteiger partial charge in [0.15, 0.2) is 0 Å². The quantitative estimate of drug-likeness (QED) is 0.407. The molecular weight excluding hydrogens is 441 g/mol. The molecule has 0 saturated heterocycles. The summed E-state index contributed by atoms with van der Waals surface area (Å²) in [4.78, 5) is 22.1. The van der Waals surface area contributed by atoms with Crippen molar-refractivity contribution in [3.8, 4) is 12.1 Å². The molecule has 0 bridgehead atoms. The third-order valence-corrected chi connectivity index (χ3v) is 4.98. The fourth-order valence-corrected chi connectivity index (χ4v) is 3.53. The maximum absolute atomic E-state index is 11.6. The second kappa shape index (κ2) is 10.4. The number of nitriles is 2. The Morgan fingerprint density at radius 3 is 2.35 bits per heavy atom. The number of hydrogen-bond acceptors (Lipinski definition) is 6. The van der Waals surface area contributed by atoms with Crippen LogP contribution in [0.1, 0.15) is 30.9 Å². The van der Waals surface area contributed by atoms with Crippen molar-refractivity contribution in [2.24, 2.45) is 5.10 Å². The molecule has 0 heterocycles. The highest BCUT2D eigenvalue weighted by Crippen LogP contribution is 2.41. The fourth-order valence-electron chi connectivity index (χ4n) is 3.06. The highest BCUT2D eigenvalue weighted by atomic mass is 35.5. The highest BCUT2D eigenvalue weighted by Gasteiger charge is 2.35. The number of nitrogens with one attached hydrogen (secondary N) is 2. The Morgan fingerprint density at radius 2 is 1.84 bits per heavy atom. The maximum Gasteiger partial charge on any atom is 0.411 e. The normalized spacial score (nSPS) is 12.7. The zero-order valence-electron chi connectivity index (χ0n) is 16.3. The first-order chi connectivity index (χ1) is 14.8. The molecule has 2 aromatic carbocycles. The van der Waals surface area contributed by atoms with E-state index in [0.717, 1.165) is 12.0 Å². The molecule has 0 spiro atoms. The molecule has 0 aromatic heterocycles. The van der Waals surface area contributed by atoms with Gasteiger partial charge in [0.1, 0.15) is 11.5 Å². The molecule has 8 nitrogen and oxygen atoms in total. The Labute approximate surface area is 188 Å². The van der Waals surface area contributed by atoms with E-state index < -0.39 is 23.1 Å². The molecule has 0 aliphatic carbocycles. The predicted molar refractivity (Wildman–Crippen MR) is 117 cm³/mol. The molecule has 31 heavy (non-hydrogen) atoms. The minimum Gasteiger partial charge on any atom is -0.465 e. The Balaban J connectivity index is 2.41. The number of hydrogen-bond donors (Lipinski definition) is 3. The van der Waals surface area contributed by atoms with Gasteiger partial charge in [-0.15, -0.1) is 0 Å². The average molecular weight is 458 g/mol. The van der Waals surface area contributed by atoms with E-state index >= 15 is 0 Å². The zero-order chi connectivity index (χ0) is 23.0. The molecule has 1 unspecified atom stereocenters. The Hall–Kier alpha value is -3.59. The predicted octanol–water partition coefficient (Wildman–Crippen LogP) is 4.69. The van der Waals surface area contributed by atoms with Crippen molar-refractivity contribution in [3.05, 3.63) is 63.6 Å². The average Bonchev–Trinajstić information content (AvgIpc) is 2.73. The van der Waals surface area contributed by atoms with Crippen molar-refractivity contribution in [2.45, 2.75) is 25.2 Å². The number of rotatable bonds is 7. The first-order valence-electron chi connectivity index (χ1n) is 9.02. The van der Waals surface area contributed by atoms with E-state index in [9.17, 15) is 14.9 Å². The summed E-state index contributed by atoms with van der Waals surface area (Å²) >= 11 is 12.5. The van der Waals surface area contributed by atoms with E-state index in [0.29, 0.717) is 22.7 Å². The first kappa shape index (κ1) is 23.7. The van der Waals surface area contributed by atoms with E-state index in [1.165, 1.54) is 17.5 Å². The van der Waals surface area contributed by atoms with Crippen LogP contribution in [0.5, 0.6) is 0 Å². The van der Waals surface area contributed by atoms with Gasteiger partial charge < -0.3 is 5.11 Å². The molecule has 3 N–H and O–H groups in total. The van der Waals surface area contributed by atoms with Gasteiger partial charge in [-0.1, -0.05) is 54.7 Å². The van der Waals surface area contributed by atoms with Crippen LogP contribution in [0.2, 0.25) is 10.0 Å². The van der Waals surface area contributed by atoms with Crippen molar-refractivity contribution in [1.82, 2.24) is 5.32 Å². The second-order valence-corrected chi connectivity index (χ2v) is 7.26. The summed E-state index contributed by atoms with van der Waals surface area (Å²) in [7, 11) is 0. The third kappa shape index (κ3) is 5.52. The maximum atomic E-state index is 11.6. The Bertz CT molecular complexity index is 1100. The van der Waals surface area contributed by atoms with Gasteiger partial charge in [0.25, 0.3) is 5.91 Å². The van der Waals surface area contributed by atoms with Crippen molar-refractivity contribution in [3.63, 3.8) is 0 Å². The second-order valence-electron chi connectivity index (χ2n) is 6.41. The lowest BCUT2D eigenvalue weighted by Gasteiger charge is -2.28. The molecule has 0 aliphatic rings. The van der Waals surface area contributed by atoms with Crippen LogP contribution in [0.3, 0.4) is 0 Å². The Kier molecular flexibility index (Phi) is 7.98. The zero-order valence-corrected chi connectivity index (χ0v) is 17.8. The van der Waals surface area contributed by atoms with E-state index in [4.69, 9.17) is 33.6 Å². The molecule has 0 aliphatic heterocycles. The van der Waals surface area contributed by atoms with Gasteiger partial charge in [-0.2, -0.15) is 15.6 Å². The van der Waals surface area contributed by atoms with Crippen LogP contribution in [0, 0.1) is 22.7 Å². The fraction of sp³-hybridized carbons (Fsp3) is 0.190.